The van der Waals surface area contributed by atoms with Crippen LogP contribution in [0.3, 0.4) is 0 Å². The first-order chi connectivity index (χ1) is 14.7. The second kappa shape index (κ2) is 7.85. The summed E-state index contributed by atoms with van der Waals surface area (Å²) >= 11 is 1.62. The molecule has 1 N–H and O–H groups in total. The summed E-state index contributed by atoms with van der Waals surface area (Å²) in [6, 6.07) is 14.7. The van der Waals surface area contributed by atoms with Crippen molar-refractivity contribution in [3.05, 3.63) is 95.1 Å². The average molecular weight is 418 g/mol. The monoisotopic (exact) mass is 417 g/mol. The molecule has 0 bridgehead atoms. The van der Waals surface area contributed by atoms with E-state index in [1.54, 1.807) is 17.4 Å². The third kappa shape index (κ3) is 3.77. The Morgan fingerprint density at radius 1 is 1.07 bits per heavy atom. The second-order valence-electron chi connectivity index (χ2n) is 7.23. The summed E-state index contributed by atoms with van der Waals surface area (Å²) in [5, 5.41) is 10.2. The summed E-state index contributed by atoms with van der Waals surface area (Å²) in [7, 11) is 0. The molecule has 0 amide bonds. The molecular weight excluding hydrogens is 397 g/mol. The molecule has 3 aromatic heterocycles. The first-order valence-electron chi connectivity index (χ1n) is 9.69. The van der Waals surface area contributed by atoms with Gasteiger partial charge in [0.1, 0.15) is 5.82 Å². The van der Waals surface area contributed by atoms with E-state index < -0.39 is 0 Å². The van der Waals surface area contributed by atoms with Gasteiger partial charge in [-0.15, -0.1) is 11.3 Å². The number of rotatable bonds is 6. The molecule has 5 aromatic rings. The van der Waals surface area contributed by atoms with Gasteiger partial charge in [-0.1, -0.05) is 24.3 Å². The number of nitrogens with one attached hydrogen (secondary N) is 1. The Labute approximate surface area is 177 Å². The number of fused-ring (bicyclic) bond motifs is 1. The van der Waals surface area contributed by atoms with E-state index >= 15 is 0 Å². The fourth-order valence-corrected chi connectivity index (χ4v) is 4.23. The van der Waals surface area contributed by atoms with Crippen molar-refractivity contribution in [2.75, 3.05) is 0 Å². The fourth-order valence-electron chi connectivity index (χ4n) is 3.51. The van der Waals surface area contributed by atoms with E-state index in [2.05, 4.69) is 29.4 Å². The number of hydrogen-bond donors (Lipinski definition) is 1. The third-order valence-electron chi connectivity index (χ3n) is 4.92. The van der Waals surface area contributed by atoms with Gasteiger partial charge < -0.3 is 5.32 Å². The average Bonchev–Trinajstić information content (AvgIpc) is 3.43. The van der Waals surface area contributed by atoms with Gasteiger partial charge in [0.15, 0.2) is 4.96 Å². The molecule has 150 valence electrons. The van der Waals surface area contributed by atoms with Gasteiger partial charge in [-0.05, 0) is 36.8 Å². The lowest BCUT2D eigenvalue weighted by Crippen LogP contribution is -2.13. The Morgan fingerprint density at radius 2 is 1.97 bits per heavy atom. The van der Waals surface area contributed by atoms with Crippen molar-refractivity contribution in [2.24, 2.45) is 0 Å². The number of imidazole rings is 1. The van der Waals surface area contributed by atoms with Gasteiger partial charge in [0, 0.05) is 48.2 Å². The van der Waals surface area contributed by atoms with E-state index in [1.807, 2.05) is 51.3 Å². The Balaban J connectivity index is 1.43. The highest BCUT2D eigenvalue weighted by Crippen LogP contribution is 2.25. The lowest BCUT2D eigenvalue weighted by molar-refractivity contribution is 0.628. The van der Waals surface area contributed by atoms with E-state index in [0.29, 0.717) is 13.1 Å². The minimum Gasteiger partial charge on any atom is -0.307 e. The van der Waals surface area contributed by atoms with Gasteiger partial charge in [0.25, 0.3) is 0 Å². The molecule has 0 aliphatic carbocycles. The van der Waals surface area contributed by atoms with E-state index in [1.165, 1.54) is 12.1 Å². The molecule has 0 atom stereocenters. The van der Waals surface area contributed by atoms with E-state index in [0.717, 1.165) is 38.7 Å². The maximum Gasteiger partial charge on any atom is 0.193 e. The molecule has 0 saturated heterocycles. The molecule has 0 radical (unpaired) electrons. The summed E-state index contributed by atoms with van der Waals surface area (Å²) < 4.78 is 17.7. The minimum atomic E-state index is -0.269. The van der Waals surface area contributed by atoms with Gasteiger partial charge >= 0.3 is 0 Å². The number of aryl methyl sites for hydroxylation is 1. The van der Waals surface area contributed by atoms with Gasteiger partial charge in [-0.2, -0.15) is 5.10 Å². The van der Waals surface area contributed by atoms with Crippen LogP contribution >= 0.6 is 11.3 Å². The van der Waals surface area contributed by atoms with Crippen molar-refractivity contribution >= 4 is 16.3 Å². The molecule has 0 aliphatic heterocycles. The minimum absolute atomic E-state index is 0.269. The number of thiazole rings is 1. The predicted octanol–water partition coefficient (Wildman–Crippen LogP) is 4.99. The maximum absolute atomic E-state index is 13.9. The highest BCUT2D eigenvalue weighted by Gasteiger charge is 2.13. The van der Waals surface area contributed by atoms with Gasteiger partial charge in [0.2, 0.25) is 0 Å². The Morgan fingerprint density at radius 3 is 2.80 bits per heavy atom. The van der Waals surface area contributed by atoms with Crippen LogP contribution in [-0.2, 0) is 13.1 Å². The number of aromatic nitrogens is 4. The SMILES string of the molecule is Cc1cccc(-n2cc(CNCc3cn4ccsc4n3)c(-c3cccc(F)c3)n2)c1. The molecule has 3 heterocycles. The molecule has 30 heavy (non-hydrogen) atoms. The van der Waals surface area contributed by atoms with Crippen LogP contribution in [-0.4, -0.2) is 19.2 Å². The quantitative estimate of drug-likeness (QED) is 0.424. The Bertz CT molecular complexity index is 1290. The van der Waals surface area contributed by atoms with Crippen LogP contribution in [0.1, 0.15) is 16.8 Å². The first-order valence-corrected chi connectivity index (χ1v) is 10.6. The lowest BCUT2D eigenvalue weighted by atomic mass is 10.1. The summed E-state index contributed by atoms with van der Waals surface area (Å²) in [4.78, 5) is 5.59. The normalized spacial score (nSPS) is 11.4. The molecule has 7 heteroatoms. The van der Waals surface area contributed by atoms with Crippen LogP contribution in [0, 0.1) is 12.7 Å². The van der Waals surface area contributed by atoms with Crippen LogP contribution in [0.4, 0.5) is 4.39 Å². The van der Waals surface area contributed by atoms with Gasteiger partial charge in [0.05, 0.1) is 17.1 Å². The molecule has 0 saturated carbocycles. The number of hydrogen-bond acceptors (Lipinski definition) is 4. The van der Waals surface area contributed by atoms with Crippen molar-refractivity contribution < 1.29 is 4.39 Å². The van der Waals surface area contributed by atoms with Gasteiger partial charge in [-0.25, -0.2) is 14.1 Å². The highest BCUT2D eigenvalue weighted by atomic mass is 32.1. The van der Waals surface area contributed by atoms with Crippen LogP contribution in [0.25, 0.3) is 21.9 Å². The topological polar surface area (TPSA) is 47.2 Å². The molecule has 0 unspecified atom stereocenters. The summed E-state index contributed by atoms with van der Waals surface area (Å²) in [6.07, 6.45) is 6.04. The highest BCUT2D eigenvalue weighted by molar-refractivity contribution is 7.15. The smallest absolute Gasteiger partial charge is 0.193 e. The largest absolute Gasteiger partial charge is 0.307 e. The van der Waals surface area contributed by atoms with Gasteiger partial charge in [-0.3, -0.25) is 4.40 Å². The number of halogens is 1. The third-order valence-corrected chi connectivity index (χ3v) is 5.69. The van der Waals surface area contributed by atoms with Crippen molar-refractivity contribution in [3.63, 3.8) is 0 Å². The lowest BCUT2D eigenvalue weighted by Gasteiger charge is -2.04. The standard InChI is InChI=1S/C23H20FN5S/c1-16-4-2-7-21(10-16)29-14-18(22(27-29)17-5-3-6-19(24)11-17)12-25-13-20-15-28-8-9-30-23(28)26-20/h2-11,14-15,25H,12-13H2,1H3. The van der Waals surface area contributed by atoms with Crippen LogP contribution in [0.5, 0.6) is 0 Å². The summed E-state index contributed by atoms with van der Waals surface area (Å²) in [6.45, 7) is 3.30. The zero-order valence-electron chi connectivity index (χ0n) is 16.4. The van der Waals surface area contributed by atoms with Crippen molar-refractivity contribution in [2.45, 2.75) is 20.0 Å². The summed E-state index contributed by atoms with van der Waals surface area (Å²) in [5.74, 6) is -0.269. The molecule has 0 spiro atoms. The zero-order chi connectivity index (χ0) is 20.5. The molecule has 0 fully saturated rings. The van der Waals surface area contributed by atoms with E-state index in [4.69, 9.17) is 5.10 Å². The number of nitrogens with zero attached hydrogens (tertiary/aromatic N) is 4. The fraction of sp³-hybridized carbons (Fsp3) is 0.130. The van der Waals surface area contributed by atoms with Crippen LogP contribution in [0.2, 0.25) is 0 Å². The molecule has 2 aromatic carbocycles. The second-order valence-corrected chi connectivity index (χ2v) is 8.10. The van der Waals surface area contributed by atoms with Crippen molar-refractivity contribution in [3.8, 4) is 16.9 Å². The van der Waals surface area contributed by atoms with Crippen LogP contribution < -0.4 is 5.32 Å². The summed E-state index contributed by atoms with van der Waals surface area (Å²) in [5.41, 5.74) is 5.67. The molecule has 0 aliphatic rings. The Kier molecular flexibility index (Phi) is 4.90. The van der Waals surface area contributed by atoms with Crippen LogP contribution in [0.15, 0.2) is 72.5 Å². The van der Waals surface area contributed by atoms with Crippen molar-refractivity contribution in [1.29, 1.82) is 0 Å². The molecular formula is C23H20FN5S. The molecule has 5 nitrogen and oxygen atoms in total. The maximum atomic E-state index is 13.9. The van der Waals surface area contributed by atoms with Crippen molar-refractivity contribution in [1.82, 2.24) is 24.5 Å². The first kappa shape index (κ1) is 18.7. The van der Waals surface area contributed by atoms with E-state index in [9.17, 15) is 4.39 Å². The predicted molar refractivity (Wildman–Crippen MR) is 117 cm³/mol. The number of benzene rings is 2. The molecule has 5 rings (SSSR count). The van der Waals surface area contributed by atoms with E-state index in [-0.39, 0.29) is 5.82 Å². The zero-order valence-corrected chi connectivity index (χ0v) is 17.2. The Hall–Kier alpha value is -3.29.